The van der Waals surface area contributed by atoms with E-state index >= 15 is 0 Å². The molecule has 1 rings (SSSR count). The van der Waals surface area contributed by atoms with Gasteiger partial charge in [-0.05, 0) is 24.1 Å². The van der Waals surface area contributed by atoms with Crippen molar-refractivity contribution in [3.63, 3.8) is 0 Å². The maximum atomic E-state index is 12.1. The number of hydrogen-bond donors (Lipinski definition) is 1. The van der Waals surface area contributed by atoms with Crippen LogP contribution in [0.2, 0.25) is 0 Å². The van der Waals surface area contributed by atoms with Crippen molar-refractivity contribution in [3.8, 4) is 0 Å². The van der Waals surface area contributed by atoms with E-state index in [1.54, 1.807) is 19.0 Å². The van der Waals surface area contributed by atoms with Gasteiger partial charge >= 0.3 is 0 Å². The zero-order valence-electron chi connectivity index (χ0n) is 18.3. The number of benzene rings is 1. The summed E-state index contributed by atoms with van der Waals surface area (Å²) in [7, 11) is 3.51. The largest absolute Gasteiger partial charge is 0.349 e. The smallest absolute Gasteiger partial charge is 0.226 e. The first-order chi connectivity index (χ1) is 13.5. The van der Waals surface area contributed by atoms with E-state index in [9.17, 15) is 9.59 Å². The third kappa shape index (κ3) is 11.8. The molecule has 0 atom stereocenters. The summed E-state index contributed by atoms with van der Waals surface area (Å²) in [5.74, 6) is 0.154. The predicted octanol–water partition coefficient (Wildman–Crippen LogP) is 5.96. The fraction of sp³-hybridized carbons (Fsp3) is 0.667. The molecule has 1 aromatic rings. The molecule has 0 radical (unpaired) electrons. The molecule has 28 heavy (non-hydrogen) atoms. The van der Waals surface area contributed by atoms with Gasteiger partial charge in [-0.1, -0.05) is 83.3 Å². The van der Waals surface area contributed by atoms with Gasteiger partial charge in [0.05, 0.1) is 6.42 Å². The molecule has 0 spiro atoms. The topological polar surface area (TPSA) is 49.4 Å². The molecule has 0 saturated carbocycles. The lowest BCUT2D eigenvalue weighted by molar-refractivity contribution is -0.128. The van der Waals surface area contributed by atoms with Gasteiger partial charge in [0.1, 0.15) is 0 Å². The molecule has 0 aliphatic carbocycles. The monoisotopic (exact) mass is 388 g/mol. The molecule has 0 aliphatic rings. The number of likely N-dealkylation sites (N-methyl/N-ethyl adjacent to an activating group) is 1. The Morgan fingerprint density at radius 1 is 0.786 bits per heavy atom. The predicted molar refractivity (Wildman–Crippen MR) is 119 cm³/mol. The summed E-state index contributed by atoms with van der Waals surface area (Å²) in [4.78, 5) is 25.4. The van der Waals surface area contributed by atoms with Crippen molar-refractivity contribution < 1.29 is 9.59 Å². The van der Waals surface area contributed by atoms with Crippen molar-refractivity contribution >= 4 is 17.5 Å². The highest BCUT2D eigenvalue weighted by atomic mass is 16.2. The fourth-order valence-electron chi connectivity index (χ4n) is 3.21. The van der Waals surface area contributed by atoms with E-state index in [1.807, 2.05) is 24.3 Å². The van der Waals surface area contributed by atoms with Crippen molar-refractivity contribution in [2.75, 3.05) is 19.4 Å². The number of carbonyl (C=O) groups excluding carboxylic acids is 2. The zero-order valence-corrected chi connectivity index (χ0v) is 18.3. The van der Waals surface area contributed by atoms with Crippen molar-refractivity contribution in [1.82, 2.24) is 4.90 Å². The molecular formula is C24H40N2O2. The molecule has 0 fully saturated rings. The lowest BCUT2D eigenvalue weighted by atomic mass is 10.1. The van der Waals surface area contributed by atoms with Crippen LogP contribution in [0.4, 0.5) is 5.69 Å². The number of hydrogen-bond acceptors (Lipinski definition) is 2. The maximum Gasteiger partial charge on any atom is 0.226 e. The summed E-state index contributed by atoms with van der Waals surface area (Å²) < 4.78 is 0. The third-order valence-electron chi connectivity index (χ3n) is 5.10. The Bertz CT molecular complexity index is 552. The second-order valence-electron chi connectivity index (χ2n) is 8.00. The van der Waals surface area contributed by atoms with Gasteiger partial charge in [-0.25, -0.2) is 0 Å². The molecule has 0 saturated heterocycles. The van der Waals surface area contributed by atoms with Crippen LogP contribution in [0.1, 0.15) is 89.5 Å². The van der Waals surface area contributed by atoms with E-state index in [-0.39, 0.29) is 11.8 Å². The van der Waals surface area contributed by atoms with Crippen molar-refractivity contribution in [2.24, 2.45) is 0 Å². The van der Waals surface area contributed by atoms with E-state index in [4.69, 9.17) is 0 Å². The van der Waals surface area contributed by atoms with E-state index in [0.29, 0.717) is 12.8 Å². The maximum absolute atomic E-state index is 12.1. The van der Waals surface area contributed by atoms with E-state index < -0.39 is 0 Å². The molecule has 0 unspecified atom stereocenters. The molecule has 0 aliphatic heterocycles. The van der Waals surface area contributed by atoms with Crippen LogP contribution < -0.4 is 5.32 Å². The molecule has 4 heteroatoms. The molecule has 158 valence electrons. The number of amides is 2. The summed E-state index contributed by atoms with van der Waals surface area (Å²) in [6, 6.07) is 7.55. The van der Waals surface area contributed by atoms with Gasteiger partial charge in [-0.3, -0.25) is 9.59 Å². The minimum atomic E-state index is 0.0769. The SMILES string of the molecule is CCCCCCCCCCCCCC(=O)Nc1ccc(CC(=O)N(C)C)cc1. The van der Waals surface area contributed by atoms with Crippen molar-refractivity contribution in [1.29, 1.82) is 0 Å². The Morgan fingerprint density at radius 2 is 1.29 bits per heavy atom. The molecule has 0 bridgehead atoms. The second-order valence-corrected chi connectivity index (χ2v) is 8.00. The average molecular weight is 389 g/mol. The van der Waals surface area contributed by atoms with Crippen LogP contribution in [0.3, 0.4) is 0 Å². The molecular weight excluding hydrogens is 348 g/mol. The number of nitrogens with zero attached hydrogens (tertiary/aromatic N) is 1. The lowest BCUT2D eigenvalue weighted by Crippen LogP contribution is -2.23. The highest BCUT2D eigenvalue weighted by Crippen LogP contribution is 2.14. The molecule has 0 heterocycles. The Labute approximate surface area is 172 Å². The van der Waals surface area contributed by atoms with Crippen LogP contribution in [-0.2, 0) is 16.0 Å². The first kappa shape index (κ1) is 24.2. The average Bonchev–Trinajstić information content (AvgIpc) is 2.67. The normalized spacial score (nSPS) is 10.7. The van der Waals surface area contributed by atoms with Gasteiger partial charge in [-0.15, -0.1) is 0 Å². The van der Waals surface area contributed by atoms with Gasteiger partial charge in [0, 0.05) is 26.2 Å². The van der Waals surface area contributed by atoms with Gasteiger partial charge in [-0.2, -0.15) is 0 Å². The van der Waals surface area contributed by atoms with Crippen LogP contribution in [0, 0.1) is 0 Å². The highest BCUT2D eigenvalue weighted by Gasteiger charge is 2.06. The van der Waals surface area contributed by atoms with Crippen LogP contribution >= 0.6 is 0 Å². The minimum Gasteiger partial charge on any atom is -0.349 e. The second kappa shape index (κ2) is 15.1. The van der Waals surface area contributed by atoms with Crippen molar-refractivity contribution in [3.05, 3.63) is 29.8 Å². The number of carbonyl (C=O) groups is 2. The van der Waals surface area contributed by atoms with Crippen LogP contribution in [0.25, 0.3) is 0 Å². The van der Waals surface area contributed by atoms with Crippen molar-refractivity contribution in [2.45, 2.75) is 90.4 Å². The summed E-state index contributed by atoms with van der Waals surface area (Å²) in [6.07, 6.45) is 15.1. The van der Waals surface area contributed by atoms with Gasteiger partial charge < -0.3 is 10.2 Å². The Hall–Kier alpha value is -1.84. The summed E-state index contributed by atoms with van der Waals surface area (Å²) in [5.41, 5.74) is 1.76. The van der Waals surface area contributed by atoms with Crippen LogP contribution in [-0.4, -0.2) is 30.8 Å². The quantitative estimate of drug-likeness (QED) is 0.377. The van der Waals surface area contributed by atoms with Crippen LogP contribution in [0.5, 0.6) is 0 Å². The molecule has 1 aromatic carbocycles. The number of unbranched alkanes of at least 4 members (excludes halogenated alkanes) is 10. The molecule has 1 N–H and O–H groups in total. The molecule has 2 amide bonds. The number of rotatable bonds is 15. The first-order valence-corrected chi connectivity index (χ1v) is 11.1. The standard InChI is InChI=1S/C24H40N2O2/c1-4-5-6-7-8-9-10-11-12-13-14-15-23(27)25-22-18-16-21(17-19-22)20-24(28)26(2)3/h16-19H,4-15,20H2,1-3H3,(H,25,27). The summed E-state index contributed by atoms with van der Waals surface area (Å²) >= 11 is 0. The Balaban J connectivity index is 2.06. The Kier molecular flexibility index (Phi) is 13.1. The van der Waals surface area contributed by atoms with E-state index in [0.717, 1.165) is 24.1 Å². The van der Waals surface area contributed by atoms with E-state index in [1.165, 1.54) is 57.8 Å². The minimum absolute atomic E-state index is 0.0769. The third-order valence-corrected chi connectivity index (χ3v) is 5.10. The van der Waals surface area contributed by atoms with Gasteiger partial charge in [0.2, 0.25) is 11.8 Å². The molecule has 4 nitrogen and oxygen atoms in total. The fourth-order valence-corrected chi connectivity index (χ4v) is 3.21. The molecule has 0 aromatic heterocycles. The number of nitrogens with one attached hydrogen (secondary N) is 1. The Morgan fingerprint density at radius 3 is 1.79 bits per heavy atom. The summed E-state index contributed by atoms with van der Waals surface area (Å²) in [5, 5.41) is 2.95. The number of anilines is 1. The zero-order chi connectivity index (χ0) is 20.6. The van der Waals surface area contributed by atoms with Crippen LogP contribution in [0.15, 0.2) is 24.3 Å². The lowest BCUT2D eigenvalue weighted by Gasteiger charge is -2.10. The summed E-state index contributed by atoms with van der Waals surface area (Å²) in [6.45, 7) is 2.26. The highest BCUT2D eigenvalue weighted by molar-refractivity contribution is 5.90. The van der Waals surface area contributed by atoms with E-state index in [2.05, 4.69) is 12.2 Å². The van der Waals surface area contributed by atoms with Gasteiger partial charge in [0.25, 0.3) is 0 Å². The first-order valence-electron chi connectivity index (χ1n) is 11.1. The van der Waals surface area contributed by atoms with Gasteiger partial charge in [0.15, 0.2) is 0 Å².